The molecule has 3 aromatic heterocycles. The van der Waals surface area contributed by atoms with Gasteiger partial charge in [0.15, 0.2) is 5.43 Å². The number of anilines is 1. The molecule has 212 valence electrons. The van der Waals surface area contributed by atoms with Gasteiger partial charge < -0.3 is 14.5 Å². The Morgan fingerprint density at radius 2 is 1.88 bits per heavy atom. The number of pyridine rings is 2. The normalized spacial score (nSPS) is 12.6. The largest absolute Gasteiger partial charge is 0.455 e. The van der Waals surface area contributed by atoms with Gasteiger partial charge in [-0.05, 0) is 68.1 Å². The minimum absolute atomic E-state index is 0.0653. The van der Waals surface area contributed by atoms with Gasteiger partial charge in [-0.3, -0.25) is 19.1 Å². The van der Waals surface area contributed by atoms with Crippen LogP contribution in [0.5, 0.6) is 0 Å². The number of benzene rings is 2. The molecule has 7 nitrogen and oxygen atoms in total. The summed E-state index contributed by atoms with van der Waals surface area (Å²) in [6, 6.07) is 16.1. The Hall–Kier alpha value is -4.01. The molecule has 0 aliphatic rings. The maximum Gasteiger partial charge on any atom is 0.262 e. The van der Waals surface area contributed by atoms with Gasteiger partial charge in [-0.25, -0.2) is 0 Å². The second-order valence-electron chi connectivity index (χ2n) is 11.9. The maximum atomic E-state index is 13.6. The van der Waals surface area contributed by atoms with E-state index in [1.165, 1.54) is 0 Å². The molecule has 8 heteroatoms. The SMILES string of the molecule is Cc1cc(C(C)Nc2cccc3ccn(COCC[Si](C)(C)C)c(=O)c23)c2oc(-c3cccnc3)c(C)c(=O)c2c1. The second kappa shape index (κ2) is 11.5. The number of hydrogen-bond acceptors (Lipinski definition) is 6. The number of nitrogens with one attached hydrogen (secondary N) is 1. The van der Waals surface area contributed by atoms with Gasteiger partial charge in [0, 0.05) is 55.6 Å². The topological polar surface area (TPSA) is 86.4 Å². The molecule has 0 saturated heterocycles. The summed E-state index contributed by atoms with van der Waals surface area (Å²) in [4.78, 5) is 31.3. The summed E-state index contributed by atoms with van der Waals surface area (Å²) in [5.41, 5.74) is 4.15. The van der Waals surface area contributed by atoms with E-state index >= 15 is 0 Å². The van der Waals surface area contributed by atoms with Crippen molar-refractivity contribution in [1.82, 2.24) is 9.55 Å². The van der Waals surface area contributed by atoms with Crippen LogP contribution >= 0.6 is 0 Å². The van der Waals surface area contributed by atoms with Crippen LogP contribution in [0, 0.1) is 13.8 Å². The van der Waals surface area contributed by atoms with Crippen molar-refractivity contribution in [1.29, 1.82) is 0 Å². The number of fused-ring (bicyclic) bond motifs is 2. The third kappa shape index (κ3) is 6.04. The van der Waals surface area contributed by atoms with Crippen LogP contribution in [0.4, 0.5) is 5.69 Å². The number of aryl methyl sites for hydroxylation is 1. The van der Waals surface area contributed by atoms with E-state index in [0.29, 0.717) is 40.0 Å². The Kier molecular flexibility index (Phi) is 7.97. The summed E-state index contributed by atoms with van der Waals surface area (Å²) >= 11 is 0. The zero-order valence-corrected chi connectivity index (χ0v) is 25.6. The van der Waals surface area contributed by atoms with E-state index in [4.69, 9.17) is 9.15 Å². The molecule has 2 aromatic carbocycles. The monoisotopic (exact) mass is 567 g/mol. The van der Waals surface area contributed by atoms with Gasteiger partial charge >= 0.3 is 0 Å². The van der Waals surface area contributed by atoms with Gasteiger partial charge in [-0.15, -0.1) is 0 Å². The molecule has 1 N–H and O–H groups in total. The summed E-state index contributed by atoms with van der Waals surface area (Å²) in [7, 11) is -1.22. The van der Waals surface area contributed by atoms with Crippen LogP contribution in [0.1, 0.15) is 29.7 Å². The van der Waals surface area contributed by atoms with Crippen molar-refractivity contribution in [2.75, 3.05) is 11.9 Å². The average Bonchev–Trinajstić information content (AvgIpc) is 2.94. The van der Waals surface area contributed by atoms with Crippen molar-refractivity contribution in [3.05, 3.63) is 104 Å². The maximum absolute atomic E-state index is 13.6. The van der Waals surface area contributed by atoms with Gasteiger partial charge in [-0.1, -0.05) is 37.8 Å². The van der Waals surface area contributed by atoms with Crippen molar-refractivity contribution in [2.24, 2.45) is 0 Å². The van der Waals surface area contributed by atoms with Gasteiger partial charge in [0.1, 0.15) is 18.1 Å². The minimum atomic E-state index is -1.22. The van der Waals surface area contributed by atoms with E-state index in [2.05, 4.69) is 29.9 Å². The molecule has 0 saturated carbocycles. The highest BCUT2D eigenvalue weighted by molar-refractivity contribution is 6.76. The zero-order valence-electron chi connectivity index (χ0n) is 24.6. The Labute approximate surface area is 240 Å². The first-order valence-electron chi connectivity index (χ1n) is 14.0. The lowest BCUT2D eigenvalue weighted by atomic mass is 9.98. The quantitative estimate of drug-likeness (QED) is 0.149. The third-order valence-corrected chi connectivity index (χ3v) is 9.09. The van der Waals surface area contributed by atoms with Crippen molar-refractivity contribution in [3.63, 3.8) is 0 Å². The summed E-state index contributed by atoms with van der Waals surface area (Å²) < 4.78 is 13.9. The molecule has 0 aliphatic carbocycles. The Balaban J connectivity index is 1.53. The third-order valence-electron chi connectivity index (χ3n) is 7.39. The molecule has 1 unspecified atom stereocenters. The first kappa shape index (κ1) is 28.5. The minimum Gasteiger partial charge on any atom is -0.455 e. The van der Waals surface area contributed by atoms with Crippen LogP contribution < -0.4 is 16.3 Å². The number of hydrogen-bond donors (Lipinski definition) is 1. The van der Waals surface area contributed by atoms with E-state index in [1.54, 1.807) is 30.1 Å². The lowest BCUT2D eigenvalue weighted by Gasteiger charge is -2.20. The Morgan fingerprint density at radius 1 is 1.07 bits per heavy atom. The number of nitrogens with zero attached hydrogens (tertiary/aromatic N) is 2. The molecule has 0 bridgehead atoms. The summed E-state index contributed by atoms with van der Waals surface area (Å²) in [6.07, 6.45) is 5.18. The molecule has 5 aromatic rings. The van der Waals surface area contributed by atoms with E-state index in [0.717, 1.165) is 28.1 Å². The van der Waals surface area contributed by atoms with E-state index in [1.807, 2.05) is 62.4 Å². The van der Waals surface area contributed by atoms with Crippen molar-refractivity contribution >= 4 is 35.5 Å². The fraction of sp³-hybridized carbons (Fsp3) is 0.303. The highest BCUT2D eigenvalue weighted by Gasteiger charge is 2.20. The van der Waals surface area contributed by atoms with Crippen molar-refractivity contribution in [3.8, 4) is 11.3 Å². The predicted molar refractivity (Wildman–Crippen MR) is 170 cm³/mol. The van der Waals surface area contributed by atoms with Crippen LogP contribution in [0.25, 0.3) is 33.1 Å². The summed E-state index contributed by atoms with van der Waals surface area (Å²) in [5.74, 6) is 0.509. The lowest BCUT2D eigenvalue weighted by Crippen LogP contribution is -2.25. The average molecular weight is 568 g/mol. The molecule has 0 radical (unpaired) electrons. The Morgan fingerprint density at radius 3 is 2.61 bits per heavy atom. The van der Waals surface area contributed by atoms with E-state index in [9.17, 15) is 9.59 Å². The standard InChI is InChI=1S/C33H37N3O4Si/c1-21-17-26(32-27(18-21)30(37)22(2)31(40-32)25-10-8-13-34-19-25)23(3)35-28-11-7-9-24-12-14-36(33(38)29(24)28)20-39-15-16-41(4,5)6/h7-14,17-19,23,35H,15-16,20H2,1-6H3. The molecular formula is C33H37N3O4Si. The van der Waals surface area contributed by atoms with Crippen LogP contribution in [0.3, 0.4) is 0 Å². The summed E-state index contributed by atoms with van der Waals surface area (Å²) in [5, 5.41) is 5.53. The Bertz CT molecular complexity index is 1840. The number of aromatic nitrogens is 2. The van der Waals surface area contributed by atoms with Gasteiger partial charge in [0.2, 0.25) is 0 Å². The van der Waals surface area contributed by atoms with Gasteiger partial charge in [0.05, 0.1) is 16.8 Å². The van der Waals surface area contributed by atoms with Crippen LogP contribution in [-0.2, 0) is 11.5 Å². The van der Waals surface area contributed by atoms with E-state index < -0.39 is 8.07 Å². The molecule has 0 spiro atoms. The lowest BCUT2D eigenvalue weighted by molar-refractivity contribution is 0.0851. The van der Waals surface area contributed by atoms with Crippen LogP contribution in [0.2, 0.25) is 25.7 Å². The molecule has 0 fully saturated rings. The fourth-order valence-electron chi connectivity index (χ4n) is 5.07. The van der Waals surface area contributed by atoms with E-state index in [-0.39, 0.29) is 23.8 Å². The molecule has 5 rings (SSSR count). The predicted octanol–water partition coefficient (Wildman–Crippen LogP) is 7.27. The molecule has 0 aliphatic heterocycles. The first-order valence-corrected chi connectivity index (χ1v) is 17.7. The zero-order chi connectivity index (χ0) is 29.3. The van der Waals surface area contributed by atoms with Gasteiger partial charge in [-0.2, -0.15) is 0 Å². The highest BCUT2D eigenvalue weighted by Crippen LogP contribution is 2.33. The fourth-order valence-corrected chi connectivity index (χ4v) is 5.82. The smallest absolute Gasteiger partial charge is 0.262 e. The number of rotatable bonds is 9. The number of ether oxygens (including phenoxy) is 1. The van der Waals surface area contributed by atoms with Crippen molar-refractivity contribution in [2.45, 2.75) is 59.2 Å². The van der Waals surface area contributed by atoms with Crippen LogP contribution in [0.15, 0.2) is 81.1 Å². The molecule has 3 heterocycles. The van der Waals surface area contributed by atoms with Crippen molar-refractivity contribution < 1.29 is 9.15 Å². The second-order valence-corrected chi connectivity index (χ2v) is 17.6. The molecule has 41 heavy (non-hydrogen) atoms. The first-order chi connectivity index (χ1) is 19.5. The van der Waals surface area contributed by atoms with Gasteiger partial charge in [0.25, 0.3) is 5.56 Å². The summed E-state index contributed by atoms with van der Waals surface area (Å²) in [6.45, 7) is 13.5. The molecule has 1 atom stereocenters. The highest BCUT2D eigenvalue weighted by atomic mass is 28.3. The molecular weight excluding hydrogens is 530 g/mol. The van der Waals surface area contributed by atoms with Crippen LogP contribution in [-0.4, -0.2) is 24.2 Å². The molecule has 0 amide bonds.